The molecule has 1 aliphatic heterocycles. The van der Waals surface area contributed by atoms with Gasteiger partial charge in [0.15, 0.2) is 0 Å². The van der Waals surface area contributed by atoms with E-state index < -0.39 is 0 Å². The molecule has 0 saturated carbocycles. The van der Waals surface area contributed by atoms with Gasteiger partial charge in [0.25, 0.3) is 0 Å². The fraction of sp³-hybridized carbons (Fsp3) is 0.191. The van der Waals surface area contributed by atoms with Gasteiger partial charge in [0, 0.05) is 41.7 Å². The molecule has 9 aromatic rings. The largest absolute Gasteiger partial charge is 0.321 e. The minimum absolute atomic E-state index is 0. The molecule has 0 fully saturated rings. The van der Waals surface area contributed by atoms with Crippen molar-refractivity contribution in [1.82, 2.24) is 18.9 Å². The topological polar surface area (TPSA) is 35.1 Å². The van der Waals surface area contributed by atoms with Gasteiger partial charge in [-0.1, -0.05) is 100 Å². The molecule has 0 saturated heterocycles. The molecule has 0 aliphatic carbocycles. The van der Waals surface area contributed by atoms with Gasteiger partial charge in [0.1, 0.15) is 5.82 Å². The van der Waals surface area contributed by atoms with Gasteiger partial charge >= 0.3 is 0 Å². The van der Waals surface area contributed by atoms with Crippen molar-refractivity contribution >= 4 is 49.4 Å². The molecular weight excluding hydrogens is 813 g/mol. The number of hydrogen-bond donors (Lipinski definition) is 0. The summed E-state index contributed by atoms with van der Waals surface area (Å²) in [5, 5.41) is 3.46. The van der Waals surface area contributed by atoms with Gasteiger partial charge in [-0.2, -0.15) is 0 Å². The molecule has 3 aromatic heterocycles. The molecule has 257 valence electrons. The summed E-state index contributed by atoms with van der Waals surface area (Å²) < 4.78 is 4.77. The monoisotopic (exact) mass is 852 g/mol. The quantitative estimate of drug-likeness (QED) is 0.162. The van der Waals surface area contributed by atoms with Crippen molar-refractivity contribution in [2.45, 2.75) is 59.3 Å². The molecule has 5 heteroatoms. The van der Waals surface area contributed by atoms with Crippen LogP contribution in [0.5, 0.6) is 0 Å². The summed E-state index contributed by atoms with van der Waals surface area (Å²) in [4.78, 5) is 10.8. The third-order valence-corrected chi connectivity index (χ3v) is 11.3. The Kier molecular flexibility index (Phi) is 7.07. The Morgan fingerprint density at radius 2 is 1.40 bits per heavy atom. The van der Waals surface area contributed by atoms with Crippen LogP contribution in [0.1, 0.15) is 62.7 Å². The maximum atomic E-state index is 5.56. The van der Waals surface area contributed by atoms with Gasteiger partial charge < -0.3 is 8.97 Å². The number of nitrogens with zero attached hydrogens (tertiary/aromatic N) is 4. The third-order valence-electron chi connectivity index (χ3n) is 11.3. The first-order chi connectivity index (χ1) is 24.5. The molecular formula is C47H39IrN4-. The van der Waals surface area contributed by atoms with Crippen LogP contribution in [0.4, 0.5) is 0 Å². The Morgan fingerprint density at radius 1 is 0.673 bits per heavy atom. The summed E-state index contributed by atoms with van der Waals surface area (Å²) in [7, 11) is 0. The van der Waals surface area contributed by atoms with E-state index >= 15 is 0 Å². The van der Waals surface area contributed by atoms with Gasteiger partial charge in [0.05, 0.1) is 33.4 Å². The molecule has 52 heavy (non-hydrogen) atoms. The first-order valence-corrected chi connectivity index (χ1v) is 17.9. The molecule has 10 rings (SSSR count). The molecule has 0 bridgehead atoms. The fourth-order valence-corrected chi connectivity index (χ4v) is 8.57. The smallest absolute Gasteiger partial charge is 0.102 e. The predicted molar refractivity (Wildman–Crippen MR) is 212 cm³/mol. The minimum Gasteiger partial charge on any atom is -0.321 e. The Labute approximate surface area is 317 Å². The molecule has 0 unspecified atom stereocenters. The number of benzene rings is 6. The Balaban J connectivity index is 0.00000360. The molecule has 4 nitrogen and oxygen atoms in total. The van der Waals surface area contributed by atoms with Crippen molar-refractivity contribution in [3.8, 4) is 27.9 Å². The normalized spacial score (nSPS) is 13.7. The van der Waals surface area contributed by atoms with Crippen LogP contribution >= 0.6 is 0 Å². The Hall–Kier alpha value is -5.09. The van der Waals surface area contributed by atoms with E-state index in [-0.39, 0.29) is 30.9 Å². The Bertz CT molecular complexity index is 2940. The molecule has 0 amide bonds. The summed E-state index contributed by atoms with van der Waals surface area (Å²) in [6, 6.07) is 43.7. The summed E-state index contributed by atoms with van der Waals surface area (Å²) in [6.45, 7) is 15.8. The zero-order chi connectivity index (χ0) is 35.0. The predicted octanol–water partition coefficient (Wildman–Crippen LogP) is 11.8. The number of hydrogen-bond acceptors (Lipinski definition) is 2. The van der Waals surface area contributed by atoms with E-state index in [2.05, 4.69) is 173 Å². The first kappa shape index (κ1) is 32.8. The van der Waals surface area contributed by atoms with E-state index in [0.717, 1.165) is 44.5 Å². The van der Waals surface area contributed by atoms with Crippen molar-refractivity contribution in [1.29, 1.82) is 0 Å². The zero-order valence-electron chi connectivity index (χ0n) is 30.5. The van der Waals surface area contributed by atoms with Crippen molar-refractivity contribution in [2.24, 2.45) is 0 Å². The molecule has 0 N–H and O–H groups in total. The molecule has 1 radical (unpaired) electrons. The van der Waals surface area contributed by atoms with Gasteiger partial charge in [-0.15, -0.1) is 18.2 Å². The van der Waals surface area contributed by atoms with Crippen molar-refractivity contribution in [2.75, 3.05) is 0 Å². The van der Waals surface area contributed by atoms with Crippen LogP contribution in [-0.4, -0.2) is 18.9 Å². The molecule has 6 aromatic carbocycles. The van der Waals surface area contributed by atoms with Gasteiger partial charge in [-0.05, 0) is 101 Å². The summed E-state index contributed by atoms with van der Waals surface area (Å²) in [6.07, 6.45) is 0. The number of imidazole rings is 1. The van der Waals surface area contributed by atoms with E-state index in [0.29, 0.717) is 0 Å². The first-order valence-electron chi connectivity index (χ1n) is 17.9. The maximum absolute atomic E-state index is 5.56. The molecule has 0 atom stereocenters. The molecule has 4 heterocycles. The zero-order valence-corrected chi connectivity index (χ0v) is 32.9. The average Bonchev–Trinajstić information content (AvgIpc) is 3.65. The van der Waals surface area contributed by atoms with E-state index in [9.17, 15) is 0 Å². The number of rotatable bonds is 2. The van der Waals surface area contributed by atoms with Crippen LogP contribution in [0.15, 0.2) is 109 Å². The maximum Gasteiger partial charge on any atom is 0.102 e. The van der Waals surface area contributed by atoms with Crippen molar-refractivity contribution < 1.29 is 20.1 Å². The second-order valence-corrected chi connectivity index (χ2v) is 16.0. The molecule has 1 aliphatic rings. The third kappa shape index (κ3) is 4.49. The van der Waals surface area contributed by atoms with Crippen LogP contribution in [0.3, 0.4) is 0 Å². The number of aryl methyl sites for hydroxylation is 2. The van der Waals surface area contributed by atoms with Crippen molar-refractivity contribution in [3.63, 3.8) is 0 Å². The van der Waals surface area contributed by atoms with E-state index in [4.69, 9.17) is 9.97 Å². The van der Waals surface area contributed by atoms with E-state index in [1.54, 1.807) is 0 Å². The number of aromatic nitrogens is 4. The van der Waals surface area contributed by atoms with Crippen LogP contribution < -0.4 is 0 Å². The van der Waals surface area contributed by atoms with Crippen LogP contribution in [-0.2, 0) is 30.9 Å². The van der Waals surface area contributed by atoms with Gasteiger partial charge in [-0.3, -0.25) is 9.97 Å². The van der Waals surface area contributed by atoms with Crippen LogP contribution in [0, 0.1) is 19.9 Å². The van der Waals surface area contributed by atoms with E-state index in [1.165, 1.54) is 60.9 Å². The van der Waals surface area contributed by atoms with Gasteiger partial charge in [-0.25, -0.2) is 0 Å². The summed E-state index contributed by atoms with van der Waals surface area (Å²) >= 11 is 0. The minimum atomic E-state index is -0.227. The fourth-order valence-electron chi connectivity index (χ4n) is 8.57. The summed E-state index contributed by atoms with van der Waals surface area (Å²) in [5.74, 6) is 0.998. The second-order valence-electron chi connectivity index (χ2n) is 16.0. The summed E-state index contributed by atoms with van der Waals surface area (Å²) in [5.41, 5.74) is 17.1. The number of fused-ring (bicyclic) bond motifs is 10. The van der Waals surface area contributed by atoms with Crippen LogP contribution in [0.25, 0.3) is 77.3 Å². The van der Waals surface area contributed by atoms with Crippen molar-refractivity contribution in [3.05, 3.63) is 143 Å². The molecule has 0 spiro atoms. The standard InChI is InChI=1S/C47H39N4.Ir/c1-27-22-38-41(23-28(27)2)51-44(48-38)33-17-13-16-32(42(33)49-45(51)46(3,4)5)31-25-35-34-24-30(29-14-9-8-10-15-29)20-21-39(34)50-40-19-12-11-18-36(40)47(6,7)37(26-31)43(35)50;/h8-16,18-26H,1-7H3;/q-1;. The SMILES string of the molecule is Cc1cc2nc3c4[c-]ccc(-c5cc6c7c(c5)c5cc(-c8ccccc8)ccc5n7-c5ccccc5C6(C)C)c4nc(C(C)(C)C)n3c2cc1C.[Ir]. The average molecular weight is 852 g/mol. The van der Waals surface area contributed by atoms with Gasteiger partial charge in [0.2, 0.25) is 0 Å². The van der Waals surface area contributed by atoms with Crippen LogP contribution in [0.2, 0.25) is 0 Å². The number of para-hydroxylation sites is 1. The second kappa shape index (κ2) is 11.2. The Morgan fingerprint density at radius 3 is 2.19 bits per heavy atom. The van der Waals surface area contributed by atoms with E-state index in [1.807, 2.05) is 0 Å².